The molecule has 1 aliphatic rings. The molecule has 6 nitrogen and oxygen atoms in total. The maximum Gasteiger partial charge on any atom is 0.274 e. The topological polar surface area (TPSA) is 81.2 Å². The second-order valence-electron chi connectivity index (χ2n) is 4.33. The molecule has 0 aliphatic carbocycles. The van der Waals surface area contributed by atoms with E-state index in [2.05, 4.69) is 5.10 Å². The lowest BCUT2D eigenvalue weighted by molar-refractivity contribution is 0.0761. The van der Waals surface area contributed by atoms with Gasteiger partial charge in [0.05, 0.1) is 11.4 Å². The fraction of sp³-hybridized carbons (Fsp3) is 0.636. The van der Waals surface area contributed by atoms with Gasteiger partial charge in [0, 0.05) is 42.4 Å². The number of hydrogen-bond acceptors (Lipinski definition) is 4. The molecule has 2 rings (SSSR count). The van der Waals surface area contributed by atoms with Gasteiger partial charge in [-0.2, -0.15) is 5.10 Å². The van der Waals surface area contributed by atoms with Crippen molar-refractivity contribution in [3.8, 4) is 0 Å². The molecular weight excluding hydrogens is 252 g/mol. The highest BCUT2D eigenvalue weighted by Crippen LogP contribution is 2.19. The molecule has 0 spiro atoms. The van der Waals surface area contributed by atoms with Crippen molar-refractivity contribution >= 4 is 22.4 Å². The second-order valence-corrected chi connectivity index (χ2v) is 6.02. The lowest BCUT2D eigenvalue weighted by atomic mass is 10.2. The van der Waals surface area contributed by atoms with E-state index in [1.54, 1.807) is 16.6 Å². The summed E-state index contributed by atoms with van der Waals surface area (Å²) in [6, 6.07) is 0. The van der Waals surface area contributed by atoms with E-state index in [-0.39, 0.29) is 5.91 Å². The van der Waals surface area contributed by atoms with Gasteiger partial charge in [-0.3, -0.25) is 13.7 Å². The molecule has 18 heavy (non-hydrogen) atoms. The molecule has 1 amide bonds. The van der Waals surface area contributed by atoms with Gasteiger partial charge in [0.25, 0.3) is 5.91 Å². The lowest BCUT2D eigenvalue weighted by Gasteiger charge is -2.26. The average molecular weight is 270 g/mol. The van der Waals surface area contributed by atoms with Crippen LogP contribution >= 0.6 is 0 Å². The molecule has 0 bridgehead atoms. The van der Waals surface area contributed by atoms with Gasteiger partial charge in [0.2, 0.25) is 0 Å². The van der Waals surface area contributed by atoms with Crippen molar-refractivity contribution in [2.75, 3.05) is 30.3 Å². The highest BCUT2D eigenvalue weighted by molar-refractivity contribution is 7.85. The lowest BCUT2D eigenvalue weighted by Crippen LogP contribution is -2.42. The summed E-state index contributed by atoms with van der Waals surface area (Å²) in [6.45, 7) is 3.01. The van der Waals surface area contributed by atoms with Crippen molar-refractivity contribution in [1.29, 1.82) is 0 Å². The zero-order valence-corrected chi connectivity index (χ0v) is 11.5. The van der Waals surface area contributed by atoms with Crippen LogP contribution < -0.4 is 5.73 Å². The van der Waals surface area contributed by atoms with Crippen LogP contribution in [-0.2, 0) is 24.3 Å². The molecule has 1 aromatic heterocycles. The molecule has 7 heteroatoms. The molecule has 1 aromatic rings. The molecule has 0 atom stereocenters. The van der Waals surface area contributed by atoms with Gasteiger partial charge in [-0.05, 0) is 6.42 Å². The first kappa shape index (κ1) is 13.1. The molecule has 2 heterocycles. The highest BCUT2D eigenvalue weighted by atomic mass is 32.2. The highest BCUT2D eigenvalue weighted by Gasteiger charge is 2.26. The molecule has 0 aromatic carbocycles. The van der Waals surface area contributed by atoms with E-state index >= 15 is 0 Å². The van der Waals surface area contributed by atoms with Crippen LogP contribution in [0.3, 0.4) is 0 Å². The van der Waals surface area contributed by atoms with Crippen molar-refractivity contribution < 1.29 is 9.00 Å². The van der Waals surface area contributed by atoms with Crippen LogP contribution in [0.15, 0.2) is 0 Å². The van der Waals surface area contributed by atoms with Gasteiger partial charge in [0.15, 0.2) is 0 Å². The van der Waals surface area contributed by atoms with Crippen LogP contribution in [0, 0.1) is 0 Å². The number of aromatic nitrogens is 2. The van der Waals surface area contributed by atoms with Crippen LogP contribution in [-0.4, -0.2) is 49.4 Å². The molecular formula is C11H18N4O2S. The summed E-state index contributed by atoms with van der Waals surface area (Å²) >= 11 is 0. The number of anilines is 1. The van der Waals surface area contributed by atoms with E-state index in [1.807, 2.05) is 6.92 Å². The first-order chi connectivity index (χ1) is 8.54. The van der Waals surface area contributed by atoms with Gasteiger partial charge in [-0.1, -0.05) is 6.92 Å². The smallest absolute Gasteiger partial charge is 0.274 e. The Kier molecular flexibility index (Phi) is 3.70. The Hall–Kier alpha value is -1.37. The minimum atomic E-state index is -0.788. The largest absolute Gasteiger partial charge is 0.395 e. The van der Waals surface area contributed by atoms with Crippen LogP contribution in [0.4, 0.5) is 5.69 Å². The summed E-state index contributed by atoms with van der Waals surface area (Å²) in [6.07, 6.45) is 0.705. The fourth-order valence-electron chi connectivity index (χ4n) is 2.10. The summed E-state index contributed by atoms with van der Waals surface area (Å²) in [7, 11) is 0.939. The van der Waals surface area contributed by atoms with Gasteiger partial charge >= 0.3 is 0 Å². The Morgan fingerprint density at radius 1 is 1.44 bits per heavy atom. The van der Waals surface area contributed by atoms with E-state index in [9.17, 15) is 9.00 Å². The number of aryl methyl sites for hydroxylation is 2. The van der Waals surface area contributed by atoms with E-state index in [0.29, 0.717) is 42.4 Å². The first-order valence-corrected chi connectivity index (χ1v) is 7.49. The number of nitrogens with zero attached hydrogens (tertiary/aromatic N) is 3. The maximum atomic E-state index is 12.4. The van der Waals surface area contributed by atoms with Crippen LogP contribution in [0.25, 0.3) is 0 Å². The summed E-state index contributed by atoms with van der Waals surface area (Å²) in [5, 5.41) is 4.24. The number of hydrogen-bond donors (Lipinski definition) is 1. The normalized spacial score (nSPS) is 17.1. The Balaban J connectivity index is 2.23. The van der Waals surface area contributed by atoms with Crippen molar-refractivity contribution in [3.63, 3.8) is 0 Å². The quantitative estimate of drug-likeness (QED) is 0.805. The van der Waals surface area contributed by atoms with Crippen molar-refractivity contribution in [3.05, 3.63) is 11.4 Å². The first-order valence-electron chi connectivity index (χ1n) is 6.00. The molecule has 0 radical (unpaired) electrons. The van der Waals surface area contributed by atoms with Crippen LogP contribution in [0.1, 0.15) is 23.1 Å². The average Bonchev–Trinajstić information content (AvgIpc) is 2.64. The summed E-state index contributed by atoms with van der Waals surface area (Å²) in [4.78, 5) is 14.1. The van der Waals surface area contributed by atoms with Gasteiger partial charge in [0.1, 0.15) is 5.69 Å². The fourth-order valence-corrected chi connectivity index (χ4v) is 3.15. The minimum absolute atomic E-state index is 0.112. The van der Waals surface area contributed by atoms with Crippen LogP contribution in [0.2, 0.25) is 0 Å². The Labute approximate surface area is 109 Å². The van der Waals surface area contributed by atoms with E-state index in [1.165, 1.54) is 0 Å². The third kappa shape index (κ3) is 2.27. The number of amides is 1. The Morgan fingerprint density at radius 2 is 2.06 bits per heavy atom. The minimum Gasteiger partial charge on any atom is -0.395 e. The van der Waals surface area contributed by atoms with Gasteiger partial charge in [-0.25, -0.2) is 0 Å². The summed E-state index contributed by atoms with van der Waals surface area (Å²) < 4.78 is 12.8. The molecule has 2 N–H and O–H groups in total. The second kappa shape index (κ2) is 5.09. The molecule has 100 valence electrons. The third-order valence-corrected chi connectivity index (χ3v) is 4.44. The standard InChI is InChI=1S/C11H18N4O2S/c1-3-8-9(12)10(14(2)13-8)11(16)15-4-6-18(17)7-5-15/h3-7,12H2,1-2H3. The monoisotopic (exact) mass is 270 g/mol. The Morgan fingerprint density at radius 3 is 2.56 bits per heavy atom. The SMILES string of the molecule is CCc1nn(C)c(C(=O)N2CCS(=O)CC2)c1N. The summed E-state index contributed by atoms with van der Waals surface area (Å²) in [5.41, 5.74) is 7.62. The zero-order chi connectivity index (χ0) is 13.3. The predicted octanol–water partition coefficient (Wildman–Crippen LogP) is -0.231. The predicted molar refractivity (Wildman–Crippen MR) is 70.8 cm³/mol. The third-order valence-electron chi connectivity index (χ3n) is 3.16. The molecule has 1 aliphatic heterocycles. The molecule has 1 fully saturated rings. The Bertz CT molecular complexity index is 487. The van der Waals surface area contributed by atoms with E-state index in [0.717, 1.165) is 5.69 Å². The van der Waals surface area contributed by atoms with Gasteiger partial charge < -0.3 is 10.6 Å². The number of rotatable bonds is 2. The molecule has 0 unspecified atom stereocenters. The van der Waals surface area contributed by atoms with Gasteiger partial charge in [-0.15, -0.1) is 0 Å². The maximum absolute atomic E-state index is 12.4. The number of nitrogens with two attached hydrogens (primary N) is 1. The van der Waals surface area contributed by atoms with Crippen LogP contribution in [0.5, 0.6) is 0 Å². The number of carbonyl (C=O) groups is 1. The van der Waals surface area contributed by atoms with Crippen molar-refractivity contribution in [1.82, 2.24) is 14.7 Å². The zero-order valence-electron chi connectivity index (χ0n) is 10.7. The molecule has 1 saturated heterocycles. The number of nitrogen functional groups attached to an aromatic ring is 1. The van der Waals surface area contributed by atoms with E-state index < -0.39 is 10.8 Å². The number of carbonyl (C=O) groups excluding carboxylic acids is 1. The van der Waals surface area contributed by atoms with E-state index in [4.69, 9.17) is 5.73 Å². The van der Waals surface area contributed by atoms with Crippen molar-refractivity contribution in [2.45, 2.75) is 13.3 Å². The summed E-state index contributed by atoms with van der Waals surface area (Å²) in [5.74, 6) is 0.979. The molecule has 0 saturated carbocycles. The van der Waals surface area contributed by atoms with Crippen molar-refractivity contribution in [2.24, 2.45) is 7.05 Å².